The third-order valence-corrected chi connectivity index (χ3v) is 2.82. The minimum absolute atomic E-state index is 0.00335. The van der Waals surface area contributed by atoms with Crippen LogP contribution in [0.25, 0.3) is 0 Å². The number of nitrogens with zero attached hydrogens (tertiary/aromatic N) is 2. The summed E-state index contributed by atoms with van der Waals surface area (Å²) in [5.41, 5.74) is 7.72. The van der Waals surface area contributed by atoms with Crippen molar-refractivity contribution in [3.05, 3.63) is 29.8 Å². The summed E-state index contributed by atoms with van der Waals surface area (Å²) in [6, 6.07) is 10.2. The molecule has 0 aliphatic rings. The van der Waals surface area contributed by atoms with Crippen LogP contribution < -0.4 is 5.73 Å². The summed E-state index contributed by atoms with van der Waals surface area (Å²) >= 11 is 0. The average molecular weight is 231 g/mol. The zero-order valence-electron chi connectivity index (χ0n) is 10.7. The fraction of sp³-hybridized carbons (Fsp3) is 0.500. The molecular weight excluding hydrogens is 210 g/mol. The zero-order chi connectivity index (χ0) is 12.7. The van der Waals surface area contributed by atoms with Crippen molar-refractivity contribution in [2.24, 2.45) is 0 Å². The maximum absolute atomic E-state index is 9.14. The van der Waals surface area contributed by atoms with Crippen LogP contribution in [0.4, 0.5) is 5.69 Å². The van der Waals surface area contributed by atoms with Gasteiger partial charge in [-0.15, -0.1) is 0 Å². The minimum atomic E-state index is -0.00335. The van der Waals surface area contributed by atoms with E-state index in [1.54, 1.807) is 0 Å². The van der Waals surface area contributed by atoms with Gasteiger partial charge < -0.3 is 5.73 Å². The number of hydrogen-bond donors (Lipinski definition) is 1. The van der Waals surface area contributed by atoms with Crippen LogP contribution in [0.3, 0.4) is 0 Å². The first-order valence-corrected chi connectivity index (χ1v) is 6.19. The smallest absolute Gasteiger partial charge is 0.0978 e. The number of rotatable bonds is 6. The van der Waals surface area contributed by atoms with Crippen LogP contribution in [0.15, 0.2) is 24.3 Å². The average Bonchev–Trinajstić information content (AvgIpc) is 2.31. The van der Waals surface area contributed by atoms with E-state index in [4.69, 9.17) is 11.0 Å². The van der Waals surface area contributed by atoms with Gasteiger partial charge in [-0.25, -0.2) is 0 Å². The van der Waals surface area contributed by atoms with Crippen molar-refractivity contribution >= 4 is 5.69 Å². The van der Waals surface area contributed by atoms with Gasteiger partial charge in [-0.05, 0) is 37.1 Å². The van der Waals surface area contributed by atoms with E-state index in [-0.39, 0.29) is 6.04 Å². The molecule has 1 aromatic rings. The molecule has 1 aromatic carbocycles. The molecule has 92 valence electrons. The van der Waals surface area contributed by atoms with Crippen molar-refractivity contribution in [2.45, 2.75) is 39.3 Å². The fourth-order valence-electron chi connectivity index (χ4n) is 1.99. The van der Waals surface area contributed by atoms with Crippen molar-refractivity contribution in [1.82, 2.24) is 4.90 Å². The van der Waals surface area contributed by atoms with Crippen LogP contribution in [-0.2, 0) is 6.54 Å². The normalized spacial score (nSPS) is 12.4. The first-order chi connectivity index (χ1) is 8.21. The largest absolute Gasteiger partial charge is 0.399 e. The Kier molecular flexibility index (Phi) is 5.51. The van der Waals surface area contributed by atoms with Crippen LogP contribution in [0.2, 0.25) is 0 Å². The lowest BCUT2D eigenvalue weighted by Gasteiger charge is -2.26. The maximum atomic E-state index is 9.14. The van der Waals surface area contributed by atoms with E-state index in [2.05, 4.69) is 30.9 Å². The molecule has 0 saturated carbocycles. The second kappa shape index (κ2) is 6.93. The quantitative estimate of drug-likeness (QED) is 0.766. The lowest BCUT2D eigenvalue weighted by molar-refractivity contribution is 0.221. The molecule has 0 saturated heterocycles. The Morgan fingerprint density at radius 3 is 2.71 bits per heavy atom. The predicted molar refractivity (Wildman–Crippen MR) is 71.2 cm³/mol. The number of hydrogen-bond acceptors (Lipinski definition) is 3. The van der Waals surface area contributed by atoms with Gasteiger partial charge in [0.25, 0.3) is 0 Å². The van der Waals surface area contributed by atoms with E-state index >= 15 is 0 Å². The molecular formula is C14H21N3. The summed E-state index contributed by atoms with van der Waals surface area (Å²) in [6.07, 6.45) is 1.92. The van der Waals surface area contributed by atoms with E-state index in [0.717, 1.165) is 31.6 Å². The van der Waals surface area contributed by atoms with Gasteiger partial charge >= 0.3 is 0 Å². The standard InChI is InChI=1S/C14H21N3/c1-3-8-17(14(4-2)10-15)11-12-6-5-7-13(16)9-12/h5-7,9,14H,3-4,8,11,16H2,1-2H3. The van der Waals surface area contributed by atoms with Crippen molar-refractivity contribution < 1.29 is 0 Å². The molecule has 3 heteroatoms. The Balaban J connectivity index is 2.76. The van der Waals surface area contributed by atoms with E-state index in [0.29, 0.717) is 0 Å². The Bertz CT molecular complexity index is 381. The van der Waals surface area contributed by atoms with Crippen molar-refractivity contribution in [2.75, 3.05) is 12.3 Å². The summed E-state index contributed by atoms with van der Waals surface area (Å²) in [5.74, 6) is 0. The third kappa shape index (κ3) is 4.08. The lowest BCUT2D eigenvalue weighted by atomic mass is 10.1. The third-order valence-electron chi connectivity index (χ3n) is 2.82. The highest BCUT2D eigenvalue weighted by Crippen LogP contribution is 2.13. The Morgan fingerprint density at radius 2 is 2.18 bits per heavy atom. The molecule has 0 heterocycles. The molecule has 0 aliphatic carbocycles. The van der Waals surface area contributed by atoms with Crippen molar-refractivity contribution in [3.8, 4) is 6.07 Å². The van der Waals surface area contributed by atoms with Gasteiger partial charge in [0.2, 0.25) is 0 Å². The number of benzene rings is 1. The van der Waals surface area contributed by atoms with Gasteiger partial charge in [-0.1, -0.05) is 26.0 Å². The Hall–Kier alpha value is -1.53. The fourth-order valence-corrected chi connectivity index (χ4v) is 1.99. The molecule has 1 unspecified atom stereocenters. The highest BCUT2D eigenvalue weighted by atomic mass is 15.1. The van der Waals surface area contributed by atoms with E-state index in [1.807, 2.05) is 18.2 Å². The number of nitrogen functional groups attached to an aromatic ring is 1. The summed E-state index contributed by atoms with van der Waals surface area (Å²) in [4.78, 5) is 2.22. The summed E-state index contributed by atoms with van der Waals surface area (Å²) in [6.45, 7) is 5.93. The maximum Gasteiger partial charge on any atom is 0.0978 e. The molecule has 1 atom stereocenters. The molecule has 0 aromatic heterocycles. The molecule has 0 aliphatic heterocycles. The predicted octanol–water partition coefficient (Wildman–Crippen LogP) is 2.78. The van der Waals surface area contributed by atoms with Gasteiger partial charge in [0.1, 0.15) is 0 Å². The summed E-state index contributed by atoms with van der Waals surface area (Å²) < 4.78 is 0. The molecule has 2 N–H and O–H groups in total. The Morgan fingerprint density at radius 1 is 1.41 bits per heavy atom. The molecule has 17 heavy (non-hydrogen) atoms. The topological polar surface area (TPSA) is 53.0 Å². The van der Waals surface area contributed by atoms with Gasteiger partial charge in [-0.2, -0.15) is 5.26 Å². The minimum Gasteiger partial charge on any atom is -0.399 e. The highest BCUT2D eigenvalue weighted by molar-refractivity contribution is 5.40. The second-order valence-electron chi connectivity index (χ2n) is 4.27. The molecule has 1 rings (SSSR count). The summed E-state index contributed by atoms with van der Waals surface area (Å²) in [7, 11) is 0. The van der Waals surface area contributed by atoms with Gasteiger partial charge in [0.15, 0.2) is 0 Å². The van der Waals surface area contributed by atoms with Gasteiger partial charge in [0.05, 0.1) is 12.1 Å². The zero-order valence-corrected chi connectivity index (χ0v) is 10.7. The number of anilines is 1. The first-order valence-electron chi connectivity index (χ1n) is 6.19. The van der Waals surface area contributed by atoms with E-state index in [9.17, 15) is 0 Å². The van der Waals surface area contributed by atoms with E-state index < -0.39 is 0 Å². The molecule has 3 nitrogen and oxygen atoms in total. The molecule has 0 bridgehead atoms. The monoisotopic (exact) mass is 231 g/mol. The second-order valence-corrected chi connectivity index (χ2v) is 4.27. The number of nitrogens with two attached hydrogens (primary N) is 1. The van der Waals surface area contributed by atoms with E-state index in [1.165, 1.54) is 5.56 Å². The summed E-state index contributed by atoms with van der Waals surface area (Å²) in [5, 5.41) is 9.14. The molecule has 0 radical (unpaired) electrons. The van der Waals surface area contributed by atoms with Gasteiger partial charge in [0, 0.05) is 12.2 Å². The van der Waals surface area contributed by atoms with Crippen molar-refractivity contribution in [1.29, 1.82) is 5.26 Å². The van der Waals surface area contributed by atoms with Crippen LogP contribution in [0.1, 0.15) is 32.3 Å². The van der Waals surface area contributed by atoms with Crippen LogP contribution in [0.5, 0.6) is 0 Å². The molecule has 0 fully saturated rings. The molecule has 0 amide bonds. The van der Waals surface area contributed by atoms with Crippen LogP contribution in [-0.4, -0.2) is 17.5 Å². The first kappa shape index (κ1) is 13.5. The van der Waals surface area contributed by atoms with Crippen molar-refractivity contribution in [3.63, 3.8) is 0 Å². The number of nitriles is 1. The van der Waals surface area contributed by atoms with Crippen LogP contribution in [0, 0.1) is 11.3 Å². The highest BCUT2D eigenvalue weighted by Gasteiger charge is 2.15. The Labute approximate surface area is 104 Å². The SMILES string of the molecule is CCCN(Cc1cccc(N)c1)C(C#N)CC. The lowest BCUT2D eigenvalue weighted by Crippen LogP contribution is -2.33. The van der Waals surface area contributed by atoms with Crippen LogP contribution >= 0.6 is 0 Å². The molecule has 0 spiro atoms. The van der Waals surface area contributed by atoms with Gasteiger partial charge in [-0.3, -0.25) is 4.90 Å².